The van der Waals surface area contributed by atoms with Crippen molar-refractivity contribution in [1.82, 2.24) is 15.0 Å². The third-order valence-corrected chi connectivity index (χ3v) is 5.04. The summed E-state index contributed by atoms with van der Waals surface area (Å²) >= 11 is 1.75. The van der Waals surface area contributed by atoms with Crippen molar-refractivity contribution in [3.05, 3.63) is 35.7 Å². The Morgan fingerprint density at radius 2 is 1.88 bits per heavy atom. The van der Waals surface area contributed by atoms with E-state index in [0.717, 1.165) is 17.8 Å². The van der Waals surface area contributed by atoms with Crippen LogP contribution in [0, 0.1) is 11.6 Å². The topological polar surface area (TPSA) is 77.3 Å². The molecule has 25 heavy (non-hydrogen) atoms. The van der Waals surface area contributed by atoms with E-state index in [1.165, 1.54) is 23.0 Å². The zero-order chi connectivity index (χ0) is 18.0. The predicted molar refractivity (Wildman–Crippen MR) is 90.4 cm³/mol. The first-order valence-corrected chi connectivity index (χ1v) is 10.4. The number of nitrogens with zero attached hydrogens (tertiary/aromatic N) is 4. The van der Waals surface area contributed by atoms with Gasteiger partial charge in [0.2, 0.25) is 0 Å². The molecule has 0 aliphatic carbocycles. The number of benzene rings is 1. The van der Waals surface area contributed by atoms with E-state index in [4.69, 9.17) is 0 Å². The number of halogens is 2. The quantitative estimate of drug-likeness (QED) is 0.717. The number of aromatic nitrogens is 3. The Morgan fingerprint density at radius 3 is 2.48 bits per heavy atom. The second kappa shape index (κ2) is 7.26. The monoisotopic (exact) mass is 390 g/mol. The maximum Gasteiger partial charge on any atom is 0.264 e. The number of hydrogen-bond acceptors (Lipinski definition) is 7. The second-order valence-electron chi connectivity index (χ2n) is 5.48. The summed E-state index contributed by atoms with van der Waals surface area (Å²) in [5.74, 6) is 0.304. The van der Waals surface area contributed by atoms with Crippen molar-refractivity contribution in [3.8, 4) is 5.69 Å². The van der Waals surface area contributed by atoms with Crippen LogP contribution in [0.4, 0.5) is 14.5 Å². The smallest absolute Gasteiger partial charge is 0.264 e. The lowest BCUT2D eigenvalue weighted by Crippen LogP contribution is -2.33. The predicted octanol–water partition coefficient (Wildman–Crippen LogP) is 1.57. The van der Waals surface area contributed by atoms with Crippen LogP contribution in [0.25, 0.3) is 5.69 Å². The van der Waals surface area contributed by atoms with Crippen LogP contribution in [0.5, 0.6) is 0 Å². The summed E-state index contributed by atoms with van der Waals surface area (Å²) in [4.78, 5) is 1.69. The number of anilines is 1. The van der Waals surface area contributed by atoms with E-state index < -0.39 is 21.8 Å². The van der Waals surface area contributed by atoms with Gasteiger partial charge in [0.1, 0.15) is 18.0 Å². The lowest BCUT2D eigenvalue weighted by Gasteiger charge is -2.29. The molecule has 0 spiro atoms. The molecule has 0 radical (unpaired) electrons. The highest BCUT2D eigenvalue weighted by atomic mass is 32.2. The summed E-state index contributed by atoms with van der Waals surface area (Å²) in [5.41, 5.74) is 0.344. The fourth-order valence-electron chi connectivity index (χ4n) is 2.43. The molecule has 0 amide bonds. The molecule has 2 aromatic rings. The molecular weight excluding hydrogens is 374 g/mol. The van der Waals surface area contributed by atoms with Crippen LogP contribution < -0.4 is 4.90 Å². The van der Waals surface area contributed by atoms with E-state index in [1.807, 2.05) is 0 Å². The lowest BCUT2D eigenvalue weighted by molar-refractivity contribution is 0.307. The van der Waals surface area contributed by atoms with Crippen LogP contribution in [-0.2, 0) is 20.9 Å². The Kier molecular flexibility index (Phi) is 5.25. The first-order chi connectivity index (χ1) is 11.8. The van der Waals surface area contributed by atoms with Crippen molar-refractivity contribution in [3.63, 3.8) is 0 Å². The molecule has 0 saturated carbocycles. The third-order valence-electron chi connectivity index (χ3n) is 3.56. The summed E-state index contributed by atoms with van der Waals surface area (Å²) in [6, 6.07) is 2.35. The summed E-state index contributed by atoms with van der Waals surface area (Å²) in [6.45, 7) is 0.885. The van der Waals surface area contributed by atoms with Gasteiger partial charge in [0.25, 0.3) is 10.1 Å². The van der Waals surface area contributed by atoms with Gasteiger partial charge in [-0.1, -0.05) is 5.21 Å². The molecule has 3 rings (SSSR count). The van der Waals surface area contributed by atoms with Gasteiger partial charge in [0.05, 0.1) is 18.1 Å². The average molecular weight is 390 g/mol. The van der Waals surface area contributed by atoms with Gasteiger partial charge in [-0.05, 0) is 0 Å². The molecule has 136 valence electrons. The Morgan fingerprint density at radius 1 is 1.24 bits per heavy atom. The molecule has 0 N–H and O–H groups in total. The van der Waals surface area contributed by atoms with Gasteiger partial charge >= 0.3 is 0 Å². The Hall–Kier alpha value is -1.72. The minimum Gasteiger partial charge on any atom is -0.365 e. The van der Waals surface area contributed by atoms with Crippen molar-refractivity contribution in [1.29, 1.82) is 0 Å². The number of thioether (sulfide) groups is 1. The van der Waals surface area contributed by atoms with Crippen LogP contribution in [0.2, 0.25) is 0 Å². The standard InChI is InChI=1S/C14H16F2N4O3S2/c1-25(21,22)23-9-10-8-20(18-17-10)11-6-12(15)14(13(16)7-11)19-2-4-24-5-3-19/h6-8H,2-5,9H2,1H3. The molecule has 0 bridgehead atoms. The third kappa shape index (κ3) is 4.47. The molecule has 11 heteroatoms. The van der Waals surface area contributed by atoms with Crippen molar-refractivity contribution < 1.29 is 21.4 Å². The summed E-state index contributed by atoms with van der Waals surface area (Å²) in [6.07, 6.45) is 2.27. The second-order valence-corrected chi connectivity index (χ2v) is 8.35. The van der Waals surface area contributed by atoms with Crippen LogP contribution >= 0.6 is 11.8 Å². The Balaban J connectivity index is 1.82. The first kappa shape index (κ1) is 18.1. The van der Waals surface area contributed by atoms with Gasteiger partial charge in [-0.3, -0.25) is 4.18 Å². The molecule has 1 aromatic carbocycles. The van der Waals surface area contributed by atoms with Gasteiger partial charge in [0, 0.05) is 36.7 Å². The maximum atomic E-state index is 14.4. The fourth-order valence-corrected chi connectivity index (χ4v) is 3.67. The van der Waals surface area contributed by atoms with E-state index >= 15 is 0 Å². The molecule has 2 heterocycles. The minimum atomic E-state index is -3.61. The number of rotatable bonds is 5. The van der Waals surface area contributed by atoms with Gasteiger partial charge in [-0.2, -0.15) is 20.2 Å². The highest BCUT2D eigenvalue weighted by Crippen LogP contribution is 2.28. The SMILES string of the molecule is CS(=O)(=O)OCc1cn(-c2cc(F)c(N3CCSCC3)c(F)c2)nn1. The van der Waals surface area contributed by atoms with Crippen molar-refractivity contribution in [2.45, 2.75) is 6.61 Å². The number of hydrogen-bond donors (Lipinski definition) is 0. The van der Waals surface area contributed by atoms with Crippen LogP contribution in [0.1, 0.15) is 5.69 Å². The summed E-state index contributed by atoms with van der Waals surface area (Å²) < 4.78 is 56.6. The van der Waals surface area contributed by atoms with Crippen molar-refractivity contribution >= 4 is 27.6 Å². The molecule has 1 aliphatic heterocycles. The average Bonchev–Trinajstić information content (AvgIpc) is 3.02. The van der Waals surface area contributed by atoms with Gasteiger partial charge in [-0.25, -0.2) is 13.5 Å². The van der Waals surface area contributed by atoms with E-state index in [2.05, 4.69) is 14.5 Å². The lowest BCUT2D eigenvalue weighted by atomic mass is 10.2. The molecule has 1 aliphatic rings. The fraction of sp³-hybridized carbons (Fsp3) is 0.429. The molecule has 1 fully saturated rings. The Bertz CT molecular complexity index is 844. The molecular formula is C14H16F2N4O3S2. The largest absolute Gasteiger partial charge is 0.365 e. The van der Waals surface area contributed by atoms with E-state index in [1.54, 1.807) is 16.7 Å². The van der Waals surface area contributed by atoms with E-state index in [9.17, 15) is 17.2 Å². The molecule has 0 atom stereocenters. The van der Waals surface area contributed by atoms with Gasteiger partial charge in [0.15, 0.2) is 11.6 Å². The van der Waals surface area contributed by atoms with Crippen molar-refractivity contribution in [2.24, 2.45) is 0 Å². The minimum absolute atomic E-state index is 0.0372. The molecule has 0 unspecified atom stereocenters. The van der Waals surface area contributed by atoms with Gasteiger partial charge in [-0.15, -0.1) is 5.10 Å². The first-order valence-electron chi connectivity index (χ1n) is 7.41. The van der Waals surface area contributed by atoms with E-state index in [-0.39, 0.29) is 23.7 Å². The molecule has 1 aromatic heterocycles. The molecule has 1 saturated heterocycles. The van der Waals surface area contributed by atoms with Crippen molar-refractivity contribution in [2.75, 3.05) is 35.8 Å². The van der Waals surface area contributed by atoms with Crippen LogP contribution in [0.15, 0.2) is 18.3 Å². The van der Waals surface area contributed by atoms with E-state index in [0.29, 0.717) is 13.1 Å². The summed E-state index contributed by atoms with van der Waals surface area (Å²) in [5, 5.41) is 7.49. The normalized spacial score (nSPS) is 15.6. The Labute approximate surface area is 148 Å². The van der Waals surface area contributed by atoms with Crippen LogP contribution in [0.3, 0.4) is 0 Å². The van der Waals surface area contributed by atoms with Crippen LogP contribution in [-0.4, -0.2) is 54.3 Å². The highest BCUT2D eigenvalue weighted by molar-refractivity contribution is 7.99. The summed E-state index contributed by atoms with van der Waals surface area (Å²) in [7, 11) is -3.61. The van der Waals surface area contributed by atoms with Gasteiger partial charge < -0.3 is 4.90 Å². The maximum absolute atomic E-state index is 14.4. The zero-order valence-electron chi connectivity index (χ0n) is 13.4. The zero-order valence-corrected chi connectivity index (χ0v) is 15.0. The molecule has 7 nitrogen and oxygen atoms in total. The highest BCUT2D eigenvalue weighted by Gasteiger charge is 2.21.